The van der Waals surface area contributed by atoms with Crippen molar-refractivity contribution in [3.8, 4) is 5.75 Å². The van der Waals surface area contributed by atoms with Crippen molar-refractivity contribution in [1.82, 2.24) is 4.90 Å². The fourth-order valence-electron chi connectivity index (χ4n) is 2.74. The Balaban J connectivity index is 1.78. The number of morpholine rings is 1. The highest BCUT2D eigenvalue weighted by molar-refractivity contribution is 6.30. The molecule has 2 atom stereocenters. The van der Waals surface area contributed by atoms with Crippen LogP contribution in [0.4, 0.5) is 0 Å². The van der Waals surface area contributed by atoms with Gasteiger partial charge in [-0.3, -0.25) is 4.79 Å². The van der Waals surface area contributed by atoms with Gasteiger partial charge in [-0.1, -0.05) is 11.6 Å². The summed E-state index contributed by atoms with van der Waals surface area (Å²) in [5.41, 5.74) is 0.304. The van der Waals surface area contributed by atoms with Crippen molar-refractivity contribution < 1.29 is 14.6 Å². The standard InChI is InChI=1S/C15H18ClNO3/c1-9-7-17(8-14(20-9)10-2-3-10)15(19)12-5-4-11(16)6-13(12)18/h4-6,9-10,14,18H,2-3,7-8H2,1H3/t9-,14+/m1/s1. The summed E-state index contributed by atoms with van der Waals surface area (Å²) in [6.07, 6.45) is 2.54. The van der Waals surface area contributed by atoms with Gasteiger partial charge in [0, 0.05) is 18.1 Å². The largest absolute Gasteiger partial charge is 0.507 e. The molecular formula is C15H18ClNO3. The van der Waals surface area contributed by atoms with Gasteiger partial charge in [0.2, 0.25) is 0 Å². The number of nitrogens with zero attached hydrogens (tertiary/aromatic N) is 1. The van der Waals surface area contributed by atoms with Gasteiger partial charge >= 0.3 is 0 Å². The lowest BCUT2D eigenvalue weighted by atomic mass is 10.1. The van der Waals surface area contributed by atoms with E-state index >= 15 is 0 Å². The molecule has 2 fully saturated rings. The van der Waals surface area contributed by atoms with Crippen LogP contribution < -0.4 is 0 Å². The van der Waals surface area contributed by atoms with E-state index in [0.29, 0.717) is 29.6 Å². The molecule has 1 amide bonds. The number of amides is 1. The first-order valence-corrected chi connectivity index (χ1v) is 7.35. The molecule has 1 aliphatic heterocycles. The van der Waals surface area contributed by atoms with Gasteiger partial charge in [-0.15, -0.1) is 0 Å². The predicted octanol–water partition coefficient (Wildman–Crippen LogP) is 2.69. The molecule has 1 heterocycles. The molecular weight excluding hydrogens is 278 g/mol. The number of hydrogen-bond donors (Lipinski definition) is 1. The smallest absolute Gasteiger partial charge is 0.257 e. The summed E-state index contributed by atoms with van der Waals surface area (Å²) in [6.45, 7) is 3.15. The summed E-state index contributed by atoms with van der Waals surface area (Å²) in [5.74, 6) is 0.372. The highest BCUT2D eigenvalue weighted by atomic mass is 35.5. The SMILES string of the molecule is C[C@@H]1CN(C(=O)c2ccc(Cl)cc2O)C[C@@H](C2CC2)O1. The zero-order valence-electron chi connectivity index (χ0n) is 11.4. The molecule has 1 saturated carbocycles. The van der Waals surface area contributed by atoms with Crippen molar-refractivity contribution in [3.05, 3.63) is 28.8 Å². The Labute approximate surface area is 123 Å². The molecule has 2 aliphatic rings. The van der Waals surface area contributed by atoms with E-state index in [1.54, 1.807) is 17.0 Å². The van der Waals surface area contributed by atoms with Gasteiger partial charge in [0.15, 0.2) is 0 Å². The van der Waals surface area contributed by atoms with Crippen LogP contribution >= 0.6 is 11.6 Å². The second kappa shape index (κ2) is 5.26. The summed E-state index contributed by atoms with van der Waals surface area (Å²) in [4.78, 5) is 14.3. The predicted molar refractivity (Wildman–Crippen MR) is 76.1 cm³/mol. The fraction of sp³-hybridized carbons (Fsp3) is 0.533. The zero-order chi connectivity index (χ0) is 14.3. The number of hydrogen-bond acceptors (Lipinski definition) is 3. The van der Waals surface area contributed by atoms with Crippen molar-refractivity contribution >= 4 is 17.5 Å². The monoisotopic (exact) mass is 295 g/mol. The molecule has 0 spiro atoms. The molecule has 1 aliphatic carbocycles. The Morgan fingerprint density at radius 1 is 1.40 bits per heavy atom. The van der Waals surface area contributed by atoms with Gasteiger partial charge in [-0.05, 0) is 43.9 Å². The Kier molecular flexibility index (Phi) is 3.61. The van der Waals surface area contributed by atoms with E-state index in [4.69, 9.17) is 16.3 Å². The van der Waals surface area contributed by atoms with Crippen LogP contribution in [0.25, 0.3) is 0 Å². The average Bonchev–Trinajstić information content (AvgIpc) is 3.21. The minimum absolute atomic E-state index is 0.0349. The Morgan fingerprint density at radius 3 is 2.80 bits per heavy atom. The van der Waals surface area contributed by atoms with Crippen molar-refractivity contribution in [3.63, 3.8) is 0 Å². The van der Waals surface area contributed by atoms with E-state index < -0.39 is 0 Å². The molecule has 108 valence electrons. The number of rotatable bonds is 2. The first-order valence-electron chi connectivity index (χ1n) is 6.98. The first kappa shape index (κ1) is 13.7. The molecule has 1 N–H and O–H groups in total. The quantitative estimate of drug-likeness (QED) is 0.912. The highest BCUT2D eigenvalue weighted by Crippen LogP contribution is 2.37. The molecule has 20 heavy (non-hydrogen) atoms. The third-order valence-electron chi connectivity index (χ3n) is 3.91. The van der Waals surface area contributed by atoms with Crippen LogP contribution in [0.2, 0.25) is 5.02 Å². The van der Waals surface area contributed by atoms with Gasteiger partial charge < -0.3 is 14.7 Å². The lowest BCUT2D eigenvalue weighted by molar-refractivity contribution is -0.0762. The maximum atomic E-state index is 12.5. The number of phenols is 1. The topological polar surface area (TPSA) is 49.8 Å². The van der Waals surface area contributed by atoms with Crippen LogP contribution in [0.15, 0.2) is 18.2 Å². The molecule has 0 unspecified atom stereocenters. The minimum Gasteiger partial charge on any atom is -0.507 e. The normalized spacial score (nSPS) is 26.6. The third kappa shape index (κ3) is 2.76. The van der Waals surface area contributed by atoms with E-state index in [1.165, 1.54) is 18.9 Å². The maximum absolute atomic E-state index is 12.5. The number of carbonyl (C=O) groups excluding carboxylic acids is 1. The molecule has 1 aromatic carbocycles. The summed E-state index contributed by atoms with van der Waals surface area (Å²) >= 11 is 5.80. The van der Waals surface area contributed by atoms with Gasteiger partial charge in [-0.2, -0.15) is 0 Å². The van der Waals surface area contributed by atoms with Gasteiger partial charge in [0.25, 0.3) is 5.91 Å². The molecule has 5 heteroatoms. The number of carbonyl (C=O) groups is 1. The molecule has 1 aromatic rings. The van der Waals surface area contributed by atoms with Crippen molar-refractivity contribution in [1.29, 1.82) is 0 Å². The fourth-order valence-corrected chi connectivity index (χ4v) is 2.90. The van der Waals surface area contributed by atoms with E-state index in [1.807, 2.05) is 6.92 Å². The van der Waals surface area contributed by atoms with E-state index in [0.717, 1.165) is 0 Å². The maximum Gasteiger partial charge on any atom is 0.257 e. The number of ether oxygens (including phenoxy) is 1. The average molecular weight is 296 g/mol. The Bertz CT molecular complexity index is 530. The second-order valence-corrected chi connectivity index (χ2v) is 6.13. The highest BCUT2D eigenvalue weighted by Gasteiger charge is 2.39. The van der Waals surface area contributed by atoms with Gasteiger partial charge in [0.1, 0.15) is 5.75 Å². The lowest BCUT2D eigenvalue weighted by Crippen LogP contribution is -2.49. The number of phenolic OH excluding ortho intramolecular Hbond substituents is 1. The molecule has 4 nitrogen and oxygen atoms in total. The van der Waals surface area contributed by atoms with Crippen LogP contribution in [0.5, 0.6) is 5.75 Å². The van der Waals surface area contributed by atoms with Crippen LogP contribution in [-0.2, 0) is 4.74 Å². The number of aromatic hydroxyl groups is 1. The van der Waals surface area contributed by atoms with Crippen molar-refractivity contribution in [2.75, 3.05) is 13.1 Å². The van der Waals surface area contributed by atoms with E-state index in [-0.39, 0.29) is 23.9 Å². The first-order chi connectivity index (χ1) is 9.54. The lowest BCUT2D eigenvalue weighted by Gasteiger charge is -2.37. The molecule has 0 radical (unpaired) electrons. The van der Waals surface area contributed by atoms with E-state index in [2.05, 4.69) is 0 Å². The summed E-state index contributed by atoms with van der Waals surface area (Å²) in [5, 5.41) is 10.3. The summed E-state index contributed by atoms with van der Waals surface area (Å²) in [7, 11) is 0. The summed E-state index contributed by atoms with van der Waals surface area (Å²) < 4.78 is 5.90. The third-order valence-corrected chi connectivity index (χ3v) is 4.15. The Morgan fingerprint density at radius 2 is 2.15 bits per heavy atom. The van der Waals surface area contributed by atoms with E-state index in [9.17, 15) is 9.90 Å². The Hall–Kier alpha value is -1.26. The zero-order valence-corrected chi connectivity index (χ0v) is 12.1. The van der Waals surface area contributed by atoms with Crippen molar-refractivity contribution in [2.24, 2.45) is 5.92 Å². The molecule has 1 saturated heterocycles. The van der Waals surface area contributed by atoms with Gasteiger partial charge in [0.05, 0.1) is 17.8 Å². The molecule has 3 rings (SSSR count). The second-order valence-electron chi connectivity index (χ2n) is 5.69. The summed E-state index contributed by atoms with van der Waals surface area (Å²) in [6, 6.07) is 4.60. The number of benzene rings is 1. The van der Waals surface area contributed by atoms with Crippen molar-refractivity contribution in [2.45, 2.75) is 32.0 Å². The van der Waals surface area contributed by atoms with Crippen LogP contribution in [-0.4, -0.2) is 41.2 Å². The minimum atomic E-state index is -0.153. The van der Waals surface area contributed by atoms with Crippen LogP contribution in [0.3, 0.4) is 0 Å². The van der Waals surface area contributed by atoms with Crippen LogP contribution in [0.1, 0.15) is 30.1 Å². The molecule has 0 aromatic heterocycles. The molecule has 0 bridgehead atoms. The van der Waals surface area contributed by atoms with Crippen LogP contribution in [0, 0.1) is 5.92 Å². The van der Waals surface area contributed by atoms with Gasteiger partial charge in [-0.25, -0.2) is 0 Å². The number of halogens is 1.